The van der Waals surface area contributed by atoms with E-state index in [1.807, 2.05) is 6.07 Å². The van der Waals surface area contributed by atoms with Crippen molar-refractivity contribution in [3.05, 3.63) is 39.9 Å². The third-order valence-corrected chi connectivity index (χ3v) is 4.44. The molecule has 0 radical (unpaired) electrons. The summed E-state index contributed by atoms with van der Waals surface area (Å²) in [4.78, 5) is 12.5. The number of benzene rings is 1. The molecule has 0 unspecified atom stereocenters. The molecule has 0 bridgehead atoms. The topological polar surface area (TPSA) is 46.4 Å². The Hall–Kier alpha value is -1.14. The summed E-state index contributed by atoms with van der Waals surface area (Å²) >= 11 is 6.93. The second-order valence-corrected chi connectivity index (χ2v) is 5.78. The van der Waals surface area contributed by atoms with Crippen molar-refractivity contribution in [2.45, 2.75) is 18.6 Å². The third kappa shape index (κ3) is 3.43. The number of thioether (sulfide) groups is 1. The molecule has 0 amide bonds. The molecule has 4 nitrogen and oxygen atoms in total. The Bertz CT molecular complexity index is 459. The first-order valence-corrected chi connectivity index (χ1v) is 7.21. The first-order chi connectivity index (χ1) is 8.66. The smallest absolute Gasteiger partial charge is 0.269 e. The van der Waals surface area contributed by atoms with E-state index >= 15 is 0 Å². The lowest BCUT2D eigenvalue weighted by Crippen LogP contribution is -2.23. The monoisotopic (exact) mass is 282 g/mol. The summed E-state index contributed by atoms with van der Waals surface area (Å²) in [5, 5.41) is 10.7. The van der Waals surface area contributed by atoms with Gasteiger partial charge >= 0.3 is 0 Å². The van der Waals surface area contributed by atoms with E-state index in [-0.39, 0.29) is 10.6 Å². The highest BCUT2D eigenvalue weighted by atomic mass is 32.2. The van der Waals surface area contributed by atoms with Crippen LogP contribution in [0.5, 0.6) is 0 Å². The molecule has 1 aliphatic heterocycles. The summed E-state index contributed by atoms with van der Waals surface area (Å²) < 4.78 is 0.902. The molecule has 0 N–H and O–H groups in total. The molecule has 1 heterocycles. The summed E-state index contributed by atoms with van der Waals surface area (Å²) in [5.41, 5.74) is 1.08. The molecule has 18 heavy (non-hydrogen) atoms. The number of likely N-dealkylation sites (tertiary alicyclic amines) is 1. The van der Waals surface area contributed by atoms with Gasteiger partial charge in [-0.15, -0.1) is 0 Å². The maximum absolute atomic E-state index is 10.7. The first-order valence-electron chi connectivity index (χ1n) is 5.82. The van der Waals surface area contributed by atoms with E-state index in [1.165, 1.54) is 18.9 Å². The van der Waals surface area contributed by atoms with Gasteiger partial charge in [-0.25, -0.2) is 0 Å². The zero-order valence-electron chi connectivity index (χ0n) is 9.87. The fourth-order valence-corrected chi connectivity index (χ4v) is 3.09. The maximum atomic E-state index is 10.7. The second kappa shape index (κ2) is 6.15. The first kappa shape index (κ1) is 13.3. The lowest BCUT2D eigenvalue weighted by molar-refractivity contribution is -0.384. The Labute approximate surface area is 116 Å². The Morgan fingerprint density at radius 3 is 2.83 bits per heavy atom. The zero-order chi connectivity index (χ0) is 13.0. The van der Waals surface area contributed by atoms with Crippen molar-refractivity contribution < 1.29 is 4.92 Å². The third-order valence-electron chi connectivity index (χ3n) is 2.85. The second-order valence-electron chi connectivity index (χ2n) is 4.18. The molecule has 1 aliphatic rings. The van der Waals surface area contributed by atoms with E-state index < -0.39 is 0 Å². The van der Waals surface area contributed by atoms with Crippen LogP contribution in [0.15, 0.2) is 24.3 Å². The van der Waals surface area contributed by atoms with Gasteiger partial charge in [-0.2, -0.15) is 0 Å². The number of nitro groups is 1. The largest absolute Gasteiger partial charge is 0.358 e. The number of nitro benzene ring substituents is 1. The quantitative estimate of drug-likeness (QED) is 0.484. The number of thiocarbonyl (C=S) groups is 1. The molecule has 0 saturated carbocycles. The average Bonchev–Trinajstić information content (AvgIpc) is 2.90. The van der Waals surface area contributed by atoms with Gasteiger partial charge in [0.15, 0.2) is 0 Å². The molecule has 1 saturated heterocycles. The van der Waals surface area contributed by atoms with Crippen molar-refractivity contribution in [2.75, 3.05) is 13.1 Å². The highest BCUT2D eigenvalue weighted by molar-refractivity contribution is 8.22. The van der Waals surface area contributed by atoms with Crippen LogP contribution in [-0.2, 0) is 5.75 Å². The van der Waals surface area contributed by atoms with E-state index in [1.54, 1.807) is 23.9 Å². The Morgan fingerprint density at radius 1 is 1.44 bits per heavy atom. The molecule has 0 aliphatic carbocycles. The SMILES string of the molecule is O=[N+]([O-])c1cccc(CSC(=S)N2CCCC2)c1. The van der Waals surface area contributed by atoms with Crippen LogP contribution in [0.4, 0.5) is 5.69 Å². The van der Waals surface area contributed by atoms with E-state index in [4.69, 9.17) is 12.2 Å². The van der Waals surface area contributed by atoms with Crippen molar-refractivity contribution >= 4 is 34.0 Å². The Kier molecular flexibility index (Phi) is 4.54. The molecule has 0 spiro atoms. The maximum Gasteiger partial charge on any atom is 0.269 e. The molecule has 0 aromatic heterocycles. The number of rotatable bonds is 3. The lowest BCUT2D eigenvalue weighted by Gasteiger charge is -2.17. The van der Waals surface area contributed by atoms with Crippen molar-refractivity contribution in [1.29, 1.82) is 0 Å². The molecule has 0 atom stereocenters. The number of hydrogen-bond acceptors (Lipinski definition) is 4. The number of non-ortho nitro benzene ring substituents is 1. The summed E-state index contributed by atoms with van der Waals surface area (Å²) in [6.45, 7) is 2.08. The molecule has 2 rings (SSSR count). The van der Waals surface area contributed by atoms with Crippen LogP contribution in [0.2, 0.25) is 0 Å². The molecule has 1 fully saturated rings. The highest BCUT2D eigenvalue weighted by Gasteiger charge is 2.15. The fraction of sp³-hybridized carbons (Fsp3) is 0.417. The summed E-state index contributed by atoms with van der Waals surface area (Å²) in [6.07, 6.45) is 2.41. The normalized spacial score (nSPS) is 14.8. The molecule has 1 aromatic carbocycles. The van der Waals surface area contributed by atoms with E-state index in [2.05, 4.69) is 4.90 Å². The van der Waals surface area contributed by atoms with Crippen molar-refractivity contribution in [1.82, 2.24) is 4.90 Å². The summed E-state index contributed by atoms with van der Waals surface area (Å²) in [7, 11) is 0. The van der Waals surface area contributed by atoms with Gasteiger partial charge < -0.3 is 4.90 Å². The van der Waals surface area contributed by atoms with Crippen LogP contribution in [0.1, 0.15) is 18.4 Å². The van der Waals surface area contributed by atoms with Crippen LogP contribution in [-0.4, -0.2) is 27.2 Å². The van der Waals surface area contributed by atoms with Crippen molar-refractivity contribution in [3.63, 3.8) is 0 Å². The summed E-state index contributed by atoms with van der Waals surface area (Å²) in [6, 6.07) is 6.73. The lowest BCUT2D eigenvalue weighted by atomic mass is 10.2. The number of hydrogen-bond donors (Lipinski definition) is 0. The Balaban J connectivity index is 1.91. The summed E-state index contributed by atoms with van der Waals surface area (Å²) in [5.74, 6) is 0.691. The molecule has 96 valence electrons. The van der Waals surface area contributed by atoms with Crippen LogP contribution in [0.3, 0.4) is 0 Å². The van der Waals surface area contributed by atoms with Crippen LogP contribution >= 0.6 is 24.0 Å². The van der Waals surface area contributed by atoms with Gasteiger partial charge in [0, 0.05) is 31.0 Å². The van der Waals surface area contributed by atoms with Crippen molar-refractivity contribution in [2.24, 2.45) is 0 Å². The van der Waals surface area contributed by atoms with Gasteiger partial charge in [0.25, 0.3) is 5.69 Å². The fourth-order valence-electron chi connectivity index (χ4n) is 1.90. The molecule has 6 heteroatoms. The van der Waals surface area contributed by atoms with E-state index in [9.17, 15) is 10.1 Å². The van der Waals surface area contributed by atoms with Crippen LogP contribution in [0, 0.1) is 10.1 Å². The number of nitrogens with zero attached hydrogens (tertiary/aromatic N) is 2. The van der Waals surface area contributed by atoms with Gasteiger partial charge in [-0.1, -0.05) is 36.1 Å². The predicted molar refractivity (Wildman–Crippen MR) is 77.8 cm³/mol. The predicted octanol–water partition coefficient (Wildman–Crippen LogP) is 3.21. The van der Waals surface area contributed by atoms with Gasteiger partial charge in [0.2, 0.25) is 0 Å². The minimum Gasteiger partial charge on any atom is -0.358 e. The van der Waals surface area contributed by atoms with E-state index in [0.29, 0.717) is 5.75 Å². The van der Waals surface area contributed by atoms with Crippen LogP contribution in [0.25, 0.3) is 0 Å². The Morgan fingerprint density at radius 2 is 2.17 bits per heavy atom. The molecular formula is C12H14N2O2S2. The standard InChI is InChI=1S/C12H14N2O2S2/c15-14(16)11-5-3-4-10(8-11)9-18-12(17)13-6-1-2-7-13/h3-5,8H,1-2,6-7,9H2. The minimum atomic E-state index is -0.368. The van der Waals surface area contributed by atoms with Gasteiger partial charge in [-0.3, -0.25) is 10.1 Å². The average molecular weight is 282 g/mol. The van der Waals surface area contributed by atoms with Gasteiger partial charge in [0.05, 0.1) is 4.92 Å². The van der Waals surface area contributed by atoms with Crippen LogP contribution < -0.4 is 0 Å². The van der Waals surface area contributed by atoms with Gasteiger partial charge in [-0.05, 0) is 18.4 Å². The molecular weight excluding hydrogens is 268 g/mol. The molecule has 1 aromatic rings. The van der Waals surface area contributed by atoms with Crippen molar-refractivity contribution in [3.8, 4) is 0 Å². The minimum absolute atomic E-state index is 0.139. The van der Waals surface area contributed by atoms with Gasteiger partial charge in [0.1, 0.15) is 4.32 Å². The van der Waals surface area contributed by atoms with E-state index in [0.717, 1.165) is 23.0 Å². The zero-order valence-corrected chi connectivity index (χ0v) is 11.5. The highest BCUT2D eigenvalue weighted by Crippen LogP contribution is 2.22.